The minimum Gasteiger partial charge on any atom is -0.439 e. The average Bonchev–Trinajstić information content (AvgIpc) is 3.20. The van der Waals surface area contributed by atoms with Crippen molar-refractivity contribution in [2.45, 2.75) is 25.4 Å². The van der Waals surface area contributed by atoms with E-state index in [0.29, 0.717) is 48.8 Å². The molecular formula is C23H21F3N4O3. The van der Waals surface area contributed by atoms with Crippen LogP contribution in [0.5, 0.6) is 11.6 Å². The van der Waals surface area contributed by atoms with Gasteiger partial charge in [-0.05, 0) is 43.2 Å². The average molecular weight is 458 g/mol. The first-order chi connectivity index (χ1) is 15.8. The number of carbonyl (C=O) groups is 2. The molecule has 0 unspecified atom stereocenters. The number of aromatic nitrogens is 2. The lowest BCUT2D eigenvalue weighted by molar-refractivity contribution is -0.137. The molecule has 0 atom stereocenters. The lowest BCUT2D eigenvalue weighted by atomic mass is 10.2. The van der Waals surface area contributed by atoms with Crippen molar-refractivity contribution in [3.63, 3.8) is 0 Å². The zero-order valence-electron chi connectivity index (χ0n) is 17.6. The van der Waals surface area contributed by atoms with Crippen molar-refractivity contribution < 1.29 is 27.5 Å². The molecule has 7 nitrogen and oxygen atoms in total. The van der Waals surface area contributed by atoms with Crippen LogP contribution in [0.25, 0.3) is 10.9 Å². The molecule has 1 N–H and O–H groups in total. The SMILES string of the molecule is O=C(NCCCN1CCCC1=O)c1ccc2cc(Oc3ccc(C(F)(F)F)cn3)ccc2n1. The number of ether oxygens (including phenoxy) is 1. The highest BCUT2D eigenvalue weighted by Crippen LogP contribution is 2.30. The van der Waals surface area contributed by atoms with Crippen LogP contribution in [0.2, 0.25) is 0 Å². The Morgan fingerprint density at radius 1 is 1.15 bits per heavy atom. The Morgan fingerprint density at radius 3 is 2.70 bits per heavy atom. The molecule has 33 heavy (non-hydrogen) atoms. The fourth-order valence-electron chi connectivity index (χ4n) is 3.53. The molecule has 3 aromatic rings. The lowest BCUT2D eigenvalue weighted by Gasteiger charge is -2.15. The minimum absolute atomic E-state index is 0.0296. The van der Waals surface area contributed by atoms with E-state index in [0.717, 1.165) is 25.1 Å². The molecule has 1 aromatic carbocycles. The second-order valence-corrected chi connectivity index (χ2v) is 7.63. The molecule has 1 aliphatic rings. The molecule has 2 aromatic heterocycles. The normalized spacial score (nSPS) is 14.0. The highest BCUT2D eigenvalue weighted by molar-refractivity contribution is 5.95. The fourth-order valence-corrected chi connectivity index (χ4v) is 3.53. The van der Waals surface area contributed by atoms with Crippen LogP contribution in [0.3, 0.4) is 0 Å². The summed E-state index contributed by atoms with van der Waals surface area (Å²) in [6.07, 6.45) is -1.59. The number of pyridine rings is 2. The molecule has 10 heteroatoms. The van der Waals surface area contributed by atoms with Gasteiger partial charge in [-0.25, -0.2) is 9.97 Å². The Labute approximate surface area is 187 Å². The standard InChI is InChI=1S/C23H21F3N4O3/c24-23(25,26)16-5-9-20(28-14-16)33-17-6-8-18-15(13-17)4-7-19(29-18)22(32)27-10-2-12-30-11-1-3-21(30)31/h4-9,13-14H,1-3,10-12H2,(H,27,32). The van der Waals surface area contributed by atoms with E-state index in [1.807, 2.05) is 0 Å². The number of fused-ring (bicyclic) bond motifs is 1. The van der Waals surface area contributed by atoms with E-state index in [-0.39, 0.29) is 23.4 Å². The zero-order chi connectivity index (χ0) is 23.4. The molecule has 1 fully saturated rings. The number of amides is 2. The van der Waals surface area contributed by atoms with Gasteiger partial charge in [-0.3, -0.25) is 9.59 Å². The molecule has 0 radical (unpaired) electrons. The molecule has 0 spiro atoms. The van der Waals surface area contributed by atoms with Crippen molar-refractivity contribution in [3.8, 4) is 11.6 Å². The van der Waals surface area contributed by atoms with Gasteiger partial charge in [-0.1, -0.05) is 6.07 Å². The molecule has 172 valence electrons. The maximum atomic E-state index is 12.6. The van der Waals surface area contributed by atoms with Crippen molar-refractivity contribution in [3.05, 3.63) is 59.9 Å². The first-order valence-corrected chi connectivity index (χ1v) is 10.5. The van der Waals surface area contributed by atoms with E-state index in [4.69, 9.17) is 4.74 Å². The maximum absolute atomic E-state index is 12.6. The van der Waals surface area contributed by atoms with Crippen molar-refractivity contribution in [1.29, 1.82) is 0 Å². The van der Waals surface area contributed by atoms with E-state index in [1.165, 1.54) is 0 Å². The molecule has 0 aliphatic carbocycles. The van der Waals surface area contributed by atoms with Gasteiger partial charge in [-0.2, -0.15) is 13.2 Å². The molecule has 1 saturated heterocycles. The number of halogens is 3. The van der Waals surface area contributed by atoms with Crippen molar-refractivity contribution in [1.82, 2.24) is 20.2 Å². The predicted octanol–water partition coefficient (Wildman–Crippen LogP) is 4.18. The van der Waals surface area contributed by atoms with Crippen LogP contribution in [0, 0.1) is 0 Å². The van der Waals surface area contributed by atoms with E-state index in [1.54, 1.807) is 35.2 Å². The molecule has 1 aliphatic heterocycles. The third-order valence-corrected chi connectivity index (χ3v) is 5.24. The van der Waals surface area contributed by atoms with Crippen molar-refractivity contribution in [2.24, 2.45) is 0 Å². The number of benzene rings is 1. The van der Waals surface area contributed by atoms with Crippen LogP contribution in [0.15, 0.2) is 48.7 Å². The summed E-state index contributed by atoms with van der Waals surface area (Å²) in [4.78, 5) is 33.8. The fraction of sp³-hybridized carbons (Fsp3) is 0.304. The van der Waals surface area contributed by atoms with Gasteiger partial charge in [0, 0.05) is 43.7 Å². The van der Waals surface area contributed by atoms with Crippen LogP contribution in [0.4, 0.5) is 13.2 Å². The molecule has 0 bridgehead atoms. The third kappa shape index (κ3) is 5.57. The summed E-state index contributed by atoms with van der Waals surface area (Å²) in [6, 6.07) is 10.3. The van der Waals surface area contributed by atoms with Crippen LogP contribution in [-0.2, 0) is 11.0 Å². The number of hydrogen-bond donors (Lipinski definition) is 1. The summed E-state index contributed by atoms with van der Waals surface area (Å²) in [7, 11) is 0. The molecule has 2 amide bonds. The summed E-state index contributed by atoms with van der Waals surface area (Å²) in [5.41, 5.74) is -0.0243. The van der Waals surface area contributed by atoms with Gasteiger partial charge in [0.1, 0.15) is 11.4 Å². The smallest absolute Gasteiger partial charge is 0.417 e. The third-order valence-electron chi connectivity index (χ3n) is 5.24. The molecular weight excluding hydrogens is 437 g/mol. The van der Waals surface area contributed by atoms with Gasteiger partial charge in [0.2, 0.25) is 11.8 Å². The number of hydrogen-bond acceptors (Lipinski definition) is 5. The second kappa shape index (κ2) is 9.43. The first kappa shape index (κ1) is 22.5. The van der Waals surface area contributed by atoms with Crippen LogP contribution in [-0.4, -0.2) is 46.3 Å². The van der Waals surface area contributed by atoms with Gasteiger partial charge in [0.05, 0.1) is 11.1 Å². The maximum Gasteiger partial charge on any atom is 0.417 e. The largest absolute Gasteiger partial charge is 0.439 e. The van der Waals surface area contributed by atoms with E-state index >= 15 is 0 Å². The predicted molar refractivity (Wildman–Crippen MR) is 114 cm³/mol. The zero-order valence-corrected chi connectivity index (χ0v) is 17.6. The van der Waals surface area contributed by atoms with Crippen LogP contribution in [0.1, 0.15) is 35.3 Å². The Hall–Kier alpha value is -3.69. The van der Waals surface area contributed by atoms with Crippen molar-refractivity contribution in [2.75, 3.05) is 19.6 Å². The van der Waals surface area contributed by atoms with E-state index in [2.05, 4.69) is 15.3 Å². The molecule has 0 saturated carbocycles. The Kier molecular flexibility index (Phi) is 6.43. The number of rotatable bonds is 7. The molecule has 4 rings (SSSR count). The summed E-state index contributed by atoms with van der Waals surface area (Å²) < 4.78 is 43.5. The quantitative estimate of drug-likeness (QED) is 0.537. The number of alkyl halides is 3. The number of likely N-dealkylation sites (tertiary alicyclic amines) is 1. The number of nitrogens with zero attached hydrogens (tertiary/aromatic N) is 3. The Morgan fingerprint density at radius 2 is 2.00 bits per heavy atom. The Balaban J connectivity index is 1.35. The summed E-state index contributed by atoms with van der Waals surface area (Å²) in [5, 5.41) is 3.51. The van der Waals surface area contributed by atoms with E-state index in [9.17, 15) is 22.8 Å². The summed E-state index contributed by atoms with van der Waals surface area (Å²) in [5.74, 6) is 0.265. The number of carbonyl (C=O) groups excluding carboxylic acids is 2. The van der Waals surface area contributed by atoms with Gasteiger partial charge in [0.15, 0.2) is 0 Å². The summed E-state index contributed by atoms with van der Waals surface area (Å²) in [6.45, 7) is 1.84. The second-order valence-electron chi connectivity index (χ2n) is 7.63. The van der Waals surface area contributed by atoms with Gasteiger partial charge < -0.3 is 15.0 Å². The van der Waals surface area contributed by atoms with Gasteiger partial charge >= 0.3 is 6.18 Å². The highest BCUT2D eigenvalue weighted by Gasteiger charge is 2.30. The minimum atomic E-state index is -4.46. The highest BCUT2D eigenvalue weighted by atomic mass is 19.4. The van der Waals surface area contributed by atoms with Crippen LogP contribution < -0.4 is 10.1 Å². The molecule has 3 heterocycles. The topological polar surface area (TPSA) is 84.4 Å². The Bertz CT molecular complexity index is 1170. The van der Waals surface area contributed by atoms with Gasteiger partial charge in [0.25, 0.3) is 5.91 Å². The van der Waals surface area contributed by atoms with Crippen molar-refractivity contribution >= 4 is 22.7 Å². The number of nitrogens with one attached hydrogen (secondary N) is 1. The van der Waals surface area contributed by atoms with E-state index < -0.39 is 11.7 Å². The first-order valence-electron chi connectivity index (χ1n) is 10.5. The van der Waals surface area contributed by atoms with Gasteiger partial charge in [-0.15, -0.1) is 0 Å². The monoisotopic (exact) mass is 458 g/mol. The summed E-state index contributed by atoms with van der Waals surface area (Å²) >= 11 is 0. The van der Waals surface area contributed by atoms with Crippen LogP contribution >= 0.6 is 0 Å². The lowest BCUT2D eigenvalue weighted by Crippen LogP contribution is -2.31.